The number of likely N-dealkylation sites (N-methyl/N-ethyl adjacent to an activating group) is 1. The minimum absolute atomic E-state index is 0.0639. The second kappa shape index (κ2) is 5.77. The van der Waals surface area contributed by atoms with Crippen molar-refractivity contribution < 1.29 is 19.5 Å². The third-order valence-electron chi connectivity index (χ3n) is 3.48. The fourth-order valence-corrected chi connectivity index (χ4v) is 2.49. The molecule has 2 amide bonds. The summed E-state index contributed by atoms with van der Waals surface area (Å²) in [5.74, 6) is -1.50. The number of hydrogen-bond donors (Lipinski definition) is 2. The molecule has 2 heterocycles. The molecular formula is C13H17N3O4. The lowest BCUT2D eigenvalue weighted by atomic mass is 10.2. The van der Waals surface area contributed by atoms with Crippen molar-refractivity contribution in [3.63, 3.8) is 0 Å². The second-order valence-corrected chi connectivity index (χ2v) is 4.69. The minimum atomic E-state index is -1.08. The molecule has 1 unspecified atom stereocenters. The Bertz CT molecular complexity index is 537. The molecule has 1 aliphatic rings. The molecule has 7 nitrogen and oxygen atoms in total. The number of likely N-dealkylation sites (tertiary alicyclic amines) is 1. The maximum atomic E-state index is 12.3. The standard InChI is InChI=1S/C13H17N3O4/c1-14-12(18)9-4-3-7-16(9)11(17)8-15-6-2-5-10(15)13(19)20/h2,5-6,9H,3-4,7-8H2,1H3,(H,14,18)(H,19,20). The summed E-state index contributed by atoms with van der Waals surface area (Å²) in [7, 11) is 1.54. The normalized spacial score (nSPS) is 18.1. The van der Waals surface area contributed by atoms with Crippen molar-refractivity contribution in [3.8, 4) is 0 Å². The molecule has 1 aromatic rings. The number of amides is 2. The van der Waals surface area contributed by atoms with Crippen LogP contribution in [0.25, 0.3) is 0 Å². The van der Waals surface area contributed by atoms with Gasteiger partial charge >= 0.3 is 5.97 Å². The van der Waals surface area contributed by atoms with E-state index in [0.717, 1.165) is 6.42 Å². The van der Waals surface area contributed by atoms with Gasteiger partial charge in [-0.05, 0) is 25.0 Å². The van der Waals surface area contributed by atoms with Gasteiger partial charge in [0.1, 0.15) is 18.3 Å². The van der Waals surface area contributed by atoms with Crippen LogP contribution >= 0.6 is 0 Å². The average Bonchev–Trinajstić information content (AvgIpc) is 3.05. The van der Waals surface area contributed by atoms with Crippen LogP contribution in [0.4, 0.5) is 0 Å². The van der Waals surface area contributed by atoms with Crippen LogP contribution in [0.2, 0.25) is 0 Å². The van der Waals surface area contributed by atoms with Crippen LogP contribution in [0.1, 0.15) is 23.3 Å². The van der Waals surface area contributed by atoms with Gasteiger partial charge in [-0.3, -0.25) is 9.59 Å². The molecule has 0 aliphatic carbocycles. The van der Waals surface area contributed by atoms with E-state index in [1.165, 1.54) is 22.6 Å². The van der Waals surface area contributed by atoms with Crippen molar-refractivity contribution in [1.82, 2.24) is 14.8 Å². The monoisotopic (exact) mass is 279 g/mol. The third kappa shape index (κ3) is 2.66. The maximum absolute atomic E-state index is 12.3. The van der Waals surface area contributed by atoms with Crippen molar-refractivity contribution >= 4 is 17.8 Å². The maximum Gasteiger partial charge on any atom is 0.352 e. The average molecular weight is 279 g/mol. The Morgan fingerprint density at radius 2 is 2.20 bits per heavy atom. The molecule has 2 rings (SSSR count). The molecule has 1 atom stereocenters. The number of carboxylic acids is 1. The SMILES string of the molecule is CNC(=O)C1CCCN1C(=O)Cn1cccc1C(=O)O. The number of hydrogen-bond acceptors (Lipinski definition) is 3. The number of nitrogens with zero attached hydrogens (tertiary/aromatic N) is 2. The van der Waals surface area contributed by atoms with Crippen molar-refractivity contribution in [2.45, 2.75) is 25.4 Å². The molecular weight excluding hydrogens is 262 g/mol. The molecule has 0 bridgehead atoms. The highest BCUT2D eigenvalue weighted by Crippen LogP contribution is 2.18. The van der Waals surface area contributed by atoms with Gasteiger partial charge < -0.3 is 19.9 Å². The molecule has 2 N–H and O–H groups in total. The summed E-state index contributed by atoms with van der Waals surface area (Å²) in [6.45, 7) is 0.461. The first-order valence-corrected chi connectivity index (χ1v) is 6.44. The number of carbonyl (C=O) groups excluding carboxylic acids is 2. The van der Waals surface area contributed by atoms with Gasteiger partial charge in [0.15, 0.2) is 0 Å². The Kier molecular flexibility index (Phi) is 4.07. The van der Waals surface area contributed by atoms with Gasteiger partial charge in [-0.2, -0.15) is 0 Å². The van der Waals surface area contributed by atoms with Crippen LogP contribution in [0.5, 0.6) is 0 Å². The Labute approximate surface area is 116 Å². The van der Waals surface area contributed by atoms with Gasteiger partial charge in [0.05, 0.1) is 0 Å². The lowest BCUT2D eigenvalue weighted by Gasteiger charge is -2.23. The van der Waals surface area contributed by atoms with Gasteiger partial charge in [-0.15, -0.1) is 0 Å². The first-order valence-electron chi connectivity index (χ1n) is 6.44. The molecule has 108 valence electrons. The lowest BCUT2D eigenvalue weighted by molar-refractivity contribution is -0.138. The van der Waals surface area contributed by atoms with Crippen LogP contribution in [-0.4, -0.2) is 52.0 Å². The van der Waals surface area contributed by atoms with Gasteiger partial charge in [0, 0.05) is 19.8 Å². The number of carbonyl (C=O) groups is 3. The van der Waals surface area contributed by atoms with Crippen LogP contribution in [0.3, 0.4) is 0 Å². The fourth-order valence-electron chi connectivity index (χ4n) is 2.49. The highest BCUT2D eigenvalue weighted by atomic mass is 16.4. The number of aromatic carboxylic acids is 1. The molecule has 1 fully saturated rings. The van der Waals surface area contributed by atoms with Crippen molar-refractivity contribution in [2.24, 2.45) is 0 Å². The predicted octanol–water partition coefficient (Wildman–Crippen LogP) is -0.0767. The van der Waals surface area contributed by atoms with Crippen molar-refractivity contribution in [2.75, 3.05) is 13.6 Å². The van der Waals surface area contributed by atoms with E-state index in [1.54, 1.807) is 12.3 Å². The summed E-state index contributed by atoms with van der Waals surface area (Å²) in [5, 5.41) is 11.5. The summed E-state index contributed by atoms with van der Waals surface area (Å²) in [6.07, 6.45) is 2.97. The first-order chi connectivity index (χ1) is 9.54. The van der Waals surface area contributed by atoms with Gasteiger partial charge in [-0.1, -0.05) is 0 Å². The van der Waals surface area contributed by atoms with Crippen molar-refractivity contribution in [1.29, 1.82) is 0 Å². The zero-order valence-corrected chi connectivity index (χ0v) is 11.2. The molecule has 1 saturated heterocycles. The third-order valence-corrected chi connectivity index (χ3v) is 3.48. The van der Waals surface area contributed by atoms with Crippen LogP contribution < -0.4 is 5.32 Å². The van der Waals surface area contributed by atoms with Gasteiger partial charge in [0.2, 0.25) is 11.8 Å². The van der Waals surface area contributed by atoms with E-state index in [4.69, 9.17) is 5.11 Å². The van der Waals surface area contributed by atoms with E-state index >= 15 is 0 Å². The fraction of sp³-hybridized carbons (Fsp3) is 0.462. The Morgan fingerprint density at radius 3 is 2.85 bits per heavy atom. The highest BCUT2D eigenvalue weighted by molar-refractivity contribution is 5.89. The van der Waals surface area contributed by atoms with Gasteiger partial charge in [-0.25, -0.2) is 4.79 Å². The van der Waals surface area contributed by atoms with E-state index in [0.29, 0.717) is 13.0 Å². The summed E-state index contributed by atoms with van der Waals surface area (Å²) in [4.78, 5) is 36.5. The smallest absolute Gasteiger partial charge is 0.352 e. The Hall–Kier alpha value is -2.31. The van der Waals surface area contributed by atoms with Crippen LogP contribution in [-0.2, 0) is 16.1 Å². The van der Waals surface area contributed by atoms with Gasteiger partial charge in [0.25, 0.3) is 0 Å². The van der Waals surface area contributed by atoms with E-state index in [9.17, 15) is 14.4 Å². The minimum Gasteiger partial charge on any atom is -0.477 e. The molecule has 0 saturated carbocycles. The zero-order valence-electron chi connectivity index (χ0n) is 11.2. The van der Waals surface area contributed by atoms with Crippen LogP contribution in [0, 0.1) is 0 Å². The summed E-state index contributed by atoms with van der Waals surface area (Å²) in [5.41, 5.74) is 0.0639. The van der Waals surface area contributed by atoms with Crippen LogP contribution in [0.15, 0.2) is 18.3 Å². The topological polar surface area (TPSA) is 91.6 Å². The van der Waals surface area contributed by atoms with E-state index < -0.39 is 12.0 Å². The molecule has 0 radical (unpaired) electrons. The molecule has 0 spiro atoms. The predicted molar refractivity (Wildman–Crippen MR) is 70.2 cm³/mol. The summed E-state index contributed by atoms with van der Waals surface area (Å²) < 4.78 is 1.38. The second-order valence-electron chi connectivity index (χ2n) is 4.69. The molecule has 7 heteroatoms. The summed E-state index contributed by atoms with van der Waals surface area (Å²) >= 11 is 0. The number of rotatable bonds is 4. The lowest BCUT2D eigenvalue weighted by Crippen LogP contribution is -2.46. The number of aromatic nitrogens is 1. The zero-order chi connectivity index (χ0) is 14.7. The molecule has 0 aromatic carbocycles. The van der Waals surface area contributed by atoms with E-state index in [1.807, 2.05) is 0 Å². The molecule has 20 heavy (non-hydrogen) atoms. The first kappa shape index (κ1) is 14.1. The quantitative estimate of drug-likeness (QED) is 0.806. The number of nitrogens with one attached hydrogen (secondary N) is 1. The van der Waals surface area contributed by atoms with Crippen molar-refractivity contribution in [3.05, 3.63) is 24.0 Å². The summed E-state index contributed by atoms with van der Waals surface area (Å²) in [6, 6.07) is 2.57. The number of carboxylic acid groups (broad SMARTS) is 1. The molecule has 1 aromatic heterocycles. The highest BCUT2D eigenvalue weighted by Gasteiger charge is 2.33. The largest absolute Gasteiger partial charge is 0.477 e. The molecule has 1 aliphatic heterocycles. The van der Waals surface area contributed by atoms with E-state index in [-0.39, 0.29) is 24.1 Å². The Morgan fingerprint density at radius 1 is 1.45 bits per heavy atom. The Balaban J connectivity index is 2.10. The van der Waals surface area contributed by atoms with E-state index in [2.05, 4.69) is 5.32 Å².